The second-order valence-corrected chi connectivity index (χ2v) is 7.82. The van der Waals surface area contributed by atoms with E-state index in [0.29, 0.717) is 29.3 Å². The van der Waals surface area contributed by atoms with Crippen molar-refractivity contribution in [1.29, 1.82) is 0 Å². The van der Waals surface area contributed by atoms with Gasteiger partial charge in [-0.15, -0.1) is 0 Å². The second kappa shape index (κ2) is 11.1. The summed E-state index contributed by atoms with van der Waals surface area (Å²) in [4.78, 5) is 24.7. The summed E-state index contributed by atoms with van der Waals surface area (Å²) < 4.78 is 15.9. The predicted octanol–water partition coefficient (Wildman–Crippen LogP) is 4.80. The molecule has 178 valence electrons. The maximum absolute atomic E-state index is 12.6. The molecule has 0 saturated heterocycles. The molecular formula is C28H26N2O5. The first-order valence-electron chi connectivity index (χ1n) is 11.1. The van der Waals surface area contributed by atoms with Crippen LogP contribution in [0.25, 0.3) is 10.8 Å². The van der Waals surface area contributed by atoms with Crippen LogP contribution in [0.5, 0.6) is 17.2 Å². The molecule has 4 aromatic rings. The second-order valence-electron chi connectivity index (χ2n) is 7.82. The van der Waals surface area contributed by atoms with Gasteiger partial charge >= 0.3 is 0 Å². The van der Waals surface area contributed by atoms with E-state index in [1.807, 2.05) is 36.4 Å². The van der Waals surface area contributed by atoms with Crippen LogP contribution in [0.15, 0.2) is 84.9 Å². The van der Waals surface area contributed by atoms with Gasteiger partial charge < -0.3 is 24.8 Å². The van der Waals surface area contributed by atoms with Gasteiger partial charge in [0.2, 0.25) is 0 Å². The van der Waals surface area contributed by atoms with Gasteiger partial charge in [-0.2, -0.15) is 0 Å². The highest BCUT2D eigenvalue weighted by molar-refractivity contribution is 5.94. The van der Waals surface area contributed by atoms with E-state index in [-0.39, 0.29) is 18.4 Å². The van der Waals surface area contributed by atoms with Crippen molar-refractivity contribution in [2.45, 2.75) is 6.54 Å². The molecule has 0 aromatic heterocycles. The van der Waals surface area contributed by atoms with E-state index >= 15 is 0 Å². The number of carbonyl (C=O) groups excluding carboxylic acids is 2. The van der Waals surface area contributed by atoms with Crippen LogP contribution < -0.4 is 24.8 Å². The Kier molecular flexibility index (Phi) is 7.47. The molecule has 0 unspecified atom stereocenters. The molecule has 0 fully saturated rings. The molecule has 0 spiro atoms. The summed E-state index contributed by atoms with van der Waals surface area (Å²) in [5, 5.41) is 7.84. The monoisotopic (exact) mass is 470 g/mol. The number of hydrogen-bond donors (Lipinski definition) is 2. The third-order valence-corrected chi connectivity index (χ3v) is 5.40. The number of hydrogen-bond acceptors (Lipinski definition) is 5. The van der Waals surface area contributed by atoms with E-state index in [4.69, 9.17) is 14.2 Å². The van der Waals surface area contributed by atoms with E-state index in [1.165, 1.54) is 0 Å². The largest absolute Gasteiger partial charge is 0.497 e. The summed E-state index contributed by atoms with van der Waals surface area (Å²) in [5.41, 5.74) is 2.12. The number of methoxy groups -OCH3 is 2. The fourth-order valence-corrected chi connectivity index (χ4v) is 3.54. The van der Waals surface area contributed by atoms with Gasteiger partial charge in [-0.3, -0.25) is 9.59 Å². The average molecular weight is 471 g/mol. The van der Waals surface area contributed by atoms with Crippen LogP contribution in [0.1, 0.15) is 15.9 Å². The lowest BCUT2D eigenvalue weighted by Crippen LogP contribution is -2.22. The number of fused-ring (bicyclic) bond motifs is 1. The normalized spacial score (nSPS) is 10.5. The molecule has 7 nitrogen and oxygen atoms in total. The number of ether oxygens (including phenoxy) is 3. The van der Waals surface area contributed by atoms with Crippen LogP contribution in [0, 0.1) is 0 Å². The maximum Gasteiger partial charge on any atom is 0.262 e. The quantitative estimate of drug-likeness (QED) is 0.367. The Morgan fingerprint density at radius 1 is 0.743 bits per heavy atom. The van der Waals surface area contributed by atoms with Gasteiger partial charge in [0.15, 0.2) is 6.61 Å². The van der Waals surface area contributed by atoms with E-state index < -0.39 is 0 Å². The van der Waals surface area contributed by atoms with Crippen molar-refractivity contribution in [2.75, 3.05) is 26.1 Å². The number of carbonyl (C=O) groups is 2. The fraction of sp³-hybridized carbons (Fsp3) is 0.143. The highest BCUT2D eigenvalue weighted by Gasteiger charge is 2.08. The molecule has 4 rings (SSSR count). The summed E-state index contributed by atoms with van der Waals surface area (Å²) >= 11 is 0. The Morgan fingerprint density at radius 2 is 1.43 bits per heavy atom. The number of nitrogens with one attached hydrogen (secondary N) is 2. The van der Waals surface area contributed by atoms with Crippen molar-refractivity contribution in [3.05, 3.63) is 96.1 Å². The first kappa shape index (κ1) is 23.6. The fourth-order valence-electron chi connectivity index (χ4n) is 3.54. The summed E-state index contributed by atoms with van der Waals surface area (Å²) in [6.07, 6.45) is 0. The van der Waals surface area contributed by atoms with E-state index in [1.54, 1.807) is 62.8 Å². The summed E-state index contributed by atoms with van der Waals surface area (Å²) in [7, 11) is 3.21. The molecule has 7 heteroatoms. The van der Waals surface area contributed by atoms with Gasteiger partial charge in [-0.05, 0) is 70.9 Å². The molecule has 2 amide bonds. The zero-order chi connectivity index (χ0) is 24.6. The number of amides is 2. The molecular weight excluding hydrogens is 444 g/mol. The lowest BCUT2D eigenvalue weighted by molar-refractivity contribution is -0.118. The molecule has 0 saturated carbocycles. The van der Waals surface area contributed by atoms with E-state index in [9.17, 15) is 9.59 Å². The third kappa shape index (κ3) is 6.29. The minimum Gasteiger partial charge on any atom is -0.497 e. The zero-order valence-corrected chi connectivity index (χ0v) is 19.5. The standard InChI is InChI=1S/C28H26N2O5/c1-33-25-5-3-4-23(16-25)30-27(31)18-35-24-11-8-20(9-12-24)28(32)29-17-19-6-7-22-15-26(34-2)13-10-21(22)14-19/h3-16H,17-18H2,1-2H3,(H,29,32)(H,30,31). The molecule has 0 bridgehead atoms. The van der Waals surface area contributed by atoms with Gasteiger partial charge in [-0.25, -0.2) is 0 Å². The molecule has 0 heterocycles. The van der Waals surface area contributed by atoms with E-state index in [0.717, 1.165) is 22.1 Å². The number of rotatable bonds is 9. The van der Waals surface area contributed by atoms with Crippen molar-refractivity contribution in [1.82, 2.24) is 5.32 Å². The topological polar surface area (TPSA) is 85.9 Å². The first-order chi connectivity index (χ1) is 17.0. The van der Waals surface area contributed by atoms with Gasteiger partial charge in [0.1, 0.15) is 17.2 Å². The van der Waals surface area contributed by atoms with Crippen LogP contribution in [0.4, 0.5) is 5.69 Å². The van der Waals surface area contributed by atoms with Crippen LogP contribution in [-0.4, -0.2) is 32.6 Å². The SMILES string of the molecule is COc1cccc(NC(=O)COc2ccc(C(=O)NCc3ccc4cc(OC)ccc4c3)cc2)c1. The maximum atomic E-state index is 12.6. The smallest absolute Gasteiger partial charge is 0.262 e. The van der Waals surface area contributed by atoms with Crippen molar-refractivity contribution in [3.8, 4) is 17.2 Å². The van der Waals surface area contributed by atoms with Gasteiger partial charge in [0.25, 0.3) is 11.8 Å². The zero-order valence-electron chi connectivity index (χ0n) is 19.5. The van der Waals surface area contributed by atoms with Crippen molar-refractivity contribution in [2.24, 2.45) is 0 Å². The summed E-state index contributed by atoms with van der Waals surface area (Å²) in [6, 6.07) is 25.6. The van der Waals surface area contributed by atoms with E-state index in [2.05, 4.69) is 10.6 Å². The van der Waals surface area contributed by atoms with Gasteiger partial charge in [-0.1, -0.05) is 24.3 Å². The Labute approximate surface area is 203 Å². The van der Waals surface area contributed by atoms with Crippen LogP contribution >= 0.6 is 0 Å². The van der Waals surface area contributed by atoms with Crippen LogP contribution in [0.2, 0.25) is 0 Å². The first-order valence-corrected chi connectivity index (χ1v) is 11.1. The molecule has 2 N–H and O–H groups in total. The van der Waals surface area contributed by atoms with Crippen molar-refractivity contribution < 1.29 is 23.8 Å². The summed E-state index contributed by atoms with van der Waals surface area (Å²) in [5.74, 6) is 1.46. The number of anilines is 1. The lowest BCUT2D eigenvalue weighted by atomic mass is 10.1. The Bertz CT molecular complexity index is 1340. The van der Waals surface area contributed by atoms with Gasteiger partial charge in [0, 0.05) is 23.9 Å². The number of benzene rings is 4. The molecule has 0 aliphatic heterocycles. The average Bonchev–Trinajstić information content (AvgIpc) is 2.90. The Morgan fingerprint density at radius 3 is 2.20 bits per heavy atom. The third-order valence-electron chi connectivity index (χ3n) is 5.40. The highest BCUT2D eigenvalue weighted by Crippen LogP contribution is 2.22. The van der Waals surface area contributed by atoms with Gasteiger partial charge in [0.05, 0.1) is 14.2 Å². The molecule has 4 aromatic carbocycles. The Hall–Kier alpha value is -4.52. The minimum absolute atomic E-state index is 0.156. The van der Waals surface area contributed by atoms with Crippen LogP contribution in [-0.2, 0) is 11.3 Å². The van der Waals surface area contributed by atoms with Crippen molar-refractivity contribution in [3.63, 3.8) is 0 Å². The molecule has 0 atom stereocenters. The minimum atomic E-state index is -0.297. The molecule has 35 heavy (non-hydrogen) atoms. The van der Waals surface area contributed by atoms with Crippen LogP contribution in [0.3, 0.4) is 0 Å². The summed E-state index contributed by atoms with van der Waals surface area (Å²) in [6.45, 7) is 0.250. The van der Waals surface area contributed by atoms with Crippen molar-refractivity contribution >= 4 is 28.3 Å². The predicted molar refractivity (Wildman–Crippen MR) is 135 cm³/mol. The molecule has 0 radical (unpaired) electrons. The molecule has 0 aliphatic rings. The molecule has 0 aliphatic carbocycles. The Balaban J connectivity index is 1.27. The lowest BCUT2D eigenvalue weighted by Gasteiger charge is -2.10. The highest BCUT2D eigenvalue weighted by atomic mass is 16.5.